The zero-order chi connectivity index (χ0) is 25.3. The summed E-state index contributed by atoms with van der Waals surface area (Å²) in [5.41, 5.74) is 0.971. The number of carbonyl (C=O) groups excluding carboxylic acids is 2. The van der Waals surface area contributed by atoms with Gasteiger partial charge in [-0.3, -0.25) is 14.5 Å². The van der Waals surface area contributed by atoms with Crippen LogP contribution in [0.4, 0.5) is 5.69 Å². The van der Waals surface area contributed by atoms with Gasteiger partial charge in [-0.05, 0) is 48.0 Å². The number of ether oxygens (including phenoxy) is 2. The van der Waals surface area contributed by atoms with Crippen molar-refractivity contribution in [3.8, 4) is 11.5 Å². The number of nitrogens with two attached hydrogens (primary N) is 1. The molecule has 35 heavy (non-hydrogen) atoms. The maximum Gasteiger partial charge on any atom is 0.300 e. The van der Waals surface area contributed by atoms with Crippen molar-refractivity contribution in [1.29, 1.82) is 0 Å². The molecule has 1 aliphatic heterocycles. The summed E-state index contributed by atoms with van der Waals surface area (Å²) in [6.07, 6.45) is 0. The number of ketones is 1. The van der Waals surface area contributed by atoms with Gasteiger partial charge in [0, 0.05) is 11.3 Å². The lowest BCUT2D eigenvalue weighted by atomic mass is 9.95. The van der Waals surface area contributed by atoms with E-state index in [4.69, 9.17) is 14.6 Å². The Bertz CT molecular complexity index is 1430. The van der Waals surface area contributed by atoms with Crippen molar-refractivity contribution >= 4 is 33.2 Å². The van der Waals surface area contributed by atoms with Crippen molar-refractivity contribution in [3.05, 3.63) is 89.5 Å². The number of carbonyl (C=O) groups is 2. The van der Waals surface area contributed by atoms with Crippen LogP contribution < -0.4 is 19.5 Å². The van der Waals surface area contributed by atoms with E-state index in [0.29, 0.717) is 17.1 Å². The van der Waals surface area contributed by atoms with Crippen LogP contribution >= 0.6 is 0 Å². The number of primary sulfonamides is 1. The normalized spacial score (nSPS) is 17.5. The van der Waals surface area contributed by atoms with Crippen molar-refractivity contribution < 1.29 is 32.6 Å². The van der Waals surface area contributed by atoms with Crippen LogP contribution in [0.15, 0.2) is 83.3 Å². The molecule has 0 aromatic heterocycles. The standard InChI is InChI=1S/C25H22N2O7S/c1-33-19-13-8-16(14-20(19)34-2)23(28)21-22(15-6-4-3-5-7-15)27(25(30)24(21)29)17-9-11-18(12-10-17)35(26,31)32/h3-14,22,28H,1-2H3,(H2,26,31,32)/b23-21+. The minimum Gasteiger partial charge on any atom is -0.507 e. The zero-order valence-corrected chi connectivity index (χ0v) is 19.7. The Morgan fingerprint density at radius 2 is 1.54 bits per heavy atom. The van der Waals surface area contributed by atoms with Crippen molar-refractivity contribution in [2.24, 2.45) is 5.14 Å². The molecule has 3 N–H and O–H groups in total. The number of aliphatic hydroxyl groups is 1. The summed E-state index contributed by atoms with van der Waals surface area (Å²) in [6.45, 7) is 0. The first-order valence-electron chi connectivity index (χ1n) is 10.4. The fourth-order valence-corrected chi connectivity index (χ4v) is 4.50. The maximum absolute atomic E-state index is 13.2. The Morgan fingerprint density at radius 3 is 2.11 bits per heavy atom. The smallest absolute Gasteiger partial charge is 0.300 e. The van der Waals surface area contributed by atoms with E-state index in [1.54, 1.807) is 42.5 Å². The van der Waals surface area contributed by atoms with Gasteiger partial charge in [0.2, 0.25) is 10.0 Å². The first-order chi connectivity index (χ1) is 16.7. The number of anilines is 1. The minimum atomic E-state index is -3.95. The molecule has 0 bridgehead atoms. The number of Topliss-reactive ketones (excluding diaryl/α,β-unsaturated/α-hetero) is 1. The highest BCUT2D eigenvalue weighted by Gasteiger charge is 2.47. The number of nitrogens with zero attached hydrogens (tertiary/aromatic N) is 1. The molecule has 10 heteroatoms. The first-order valence-corrected chi connectivity index (χ1v) is 11.9. The number of methoxy groups -OCH3 is 2. The molecule has 1 heterocycles. The summed E-state index contributed by atoms with van der Waals surface area (Å²) < 4.78 is 33.8. The SMILES string of the molecule is COc1ccc(/C(O)=C2\C(=O)C(=O)N(c3ccc(S(N)(=O)=O)cc3)C2c2ccccc2)cc1OC. The topological polar surface area (TPSA) is 136 Å². The van der Waals surface area contributed by atoms with Crippen LogP contribution in [0.5, 0.6) is 11.5 Å². The van der Waals surface area contributed by atoms with Gasteiger partial charge in [-0.25, -0.2) is 13.6 Å². The van der Waals surface area contributed by atoms with Crippen LogP contribution in [0.3, 0.4) is 0 Å². The lowest BCUT2D eigenvalue weighted by Crippen LogP contribution is -2.29. The van der Waals surface area contributed by atoms with Gasteiger partial charge in [0.25, 0.3) is 11.7 Å². The molecule has 0 aliphatic carbocycles. The van der Waals surface area contributed by atoms with Crippen molar-refractivity contribution in [3.63, 3.8) is 0 Å². The monoisotopic (exact) mass is 494 g/mol. The molecule has 1 unspecified atom stereocenters. The molecule has 1 atom stereocenters. The van der Waals surface area contributed by atoms with Gasteiger partial charge in [-0.15, -0.1) is 0 Å². The maximum atomic E-state index is 13.2. The second-order valence-corrected chi connectivity index (χ2v) is 9.25. The van der Waals surface area contributed by atoms with Gasteiger partial charge < -0.3 is 14.6 Å². The third-order valence-electron chi connectivity index (χ3n) is 5.66. The highest BCUT2D eigenvalue weighted by molar-refractivity contribution is 7.89. The van der Waals surface area contributed by atoms with Crippen LogP contribution in [0.25, 0.3) is 5.76 Å². The molecule has 1 amide bonds. The molecule has 3 aromatic rings. The molecule has 0 radical (unpaired) electrons. The highest BCUT2D eigenvalue weighted by atomic mass is 32.2. The van der Waals surface area contributed by atoms with Crippen LogP contribution in [0.2, 0.25) is 0 Å². The molecule has 9 nitrogen and oxygen atoms in total. The molecular formula is C25H22N2O7S. The quantitative estimate of drug-likeness (QED) is 0.305. The Hall–Kier alpha value is -4.15. The van der Waals surface area contributed by atoms with Crippen molar-refractivity contribution in [1.82, 2.24) is 0 Å². The molecule has 4 rings (SSSR count). The largest absolute Gasteiger partial charge is 0.507 e. The predicted molar refractivity (Wildman–Crippen MR) is 129 cm³/mol. The summed E-state index contributed by atoms with van der Waals surface area (Å²) in [6, 6.07) is 17.7. The summed E-state index contributed by atoms with van der Waals surface area (Å²) in [4.78, 5) is 27.5. The first kappa shape index (κ1) is 24.0. The van der Waals surface area contributed by atoms with E-state index in [9.17, 15) is 23.1 Å². The van der Waals surface area contributed by atoms with E-state index < -0.39 is 27.8 Å². The number of hydrogen-bond donors (Lipinski definition) is 2. The average Bonchev–Trinajstić information content (AvgIpc) is 3.13. The van der Waals surface area contributed by atoms with E-state index in [1.807, 2.05) is 0 Å². The van der Waals surface area contributed by atoms with Crippen LogP contribution in [0, 0.1) is 0 Å². The average molecular weight is 495 g/mol. The Morgan fingerprint density at radius 1 is 0.914 bits per heavy atom. The van der Waals surface area contributed by atoms with Gasteiger partial charge in [0.15, 0.2) is 11.5 Å². The van der Waals surface area contributed by atoms with Crippen LogP contribution in [-0.2, 0) is 19.6 Å². The van der Waals surface area contributed by atoms with E-state index in [-0.39, 0.29) is 27.5 Å². The number of benzene rings is 3. The van der Waals surface area contributed by atoms with Gasteiger partial charge in [-0.1, -0.05) is 30.3 Å². The molecule has 3 aromatic carbocycles. The van der Waals surface area contributed by atoms with Crippen LogP contribution in [0.1, 0.15) is 17.2 Å². The van der Waals surface area contributed by atoms with E-state index in [0.717, 1.165) is 0 Å². The molecular weight excluding hydrogens is 472 g/mol. The summed E-state index contributed by atoms with van der Waals surface area (Å²) in [7, 11) is -1.04. The number of sulfonamides is 1. The van der Waals surface area contributed by atoms with Crippen LogP contribution in [-0.4, -0.2) is 39.4 Å². The van der Waals surface area contributed by atoms with E-state index in [2.05, 4.69) is 0 Å². The fourth-order valence-electron chi connectivity index (χ4n) is 3.99. The molecule has 1 saturated heterocycles. The summed E-state index contributed by atoms with van der Waals surface area (Å²) in [5.74, 6) is -1.38. The number of amides is 1. The van der Waals surface area contributed by atoms with Gasteiger partial charge in [-0.2, -0.15) is 0 Å². The molecule has 0 saturated carbocycles. The molecule has 1 aliphatic rings. The second kappa shape index (κ2) is 9.24. The minimum absolute atomic E-state index is 0.121. The second-order valence-electron chi connectivity index (χ2n) is 7.69. The Balaban J connectivity index is 1.91. The molecule has 1 fully saturated rings. The van der Waals surface area contributed by atoms with E-state index >= 15 is 0 Å². The Labute approximate surface area is 202 Å². The number of hydrogen-bond acceptors (Lipinski definition) is 7. The third-order valence-corrected chi connectivity index (χ3v) is 6.59. The Kier molecular flexibility index (Phi) is 6.33. The lowest BCUT2D eigenvalue weighted by molar-refractivity contribution is -0.132. The molecule has 0 spiro atoms. The number of rotatable bonds is 6. The predicted octanol–water partition coefficient (Wildman–Crippen LogP) is 2.98. The van der Waals surface area contributed by atoms with Gasteiger partial charge in [0.05, 0.1) is 30.7 Å². The summed E-state index contributed by atoms with van der Waals surface area (Å²) >= 11 is 0. The van der Waals surface area contributed by atoms with E-state index in [1.165, 1.54) is 49.5 Å². The highest BCUT2D eigenvalue weighted by Crippen LogP contribution is 2.43. The third kappa shape index (κ3) is 4.36. The van der Waals surface area contributed by atoms with Gasteiger partial charge >= 0.3 is 0 Å². The van der Waals surface area contributed by atoms with Crippen molar-refractivity contribution in [2.45, 2.75) is 10.9 Å². The van der Waals surface area contributed by atoms with Gasteiger partial charge in [0.1, 0.15) is 5.76 Å². The number of aliphatic hydroxyl groups excluding tert-OH is 1. The lowest BCUT2D eigenvalue weighted by Gasteiger charge is -2.25. The fraction of sp³-hybridized carbons (Fsp3) is 0.120. The summed E-state index contributed by atoms with van der Waals surface area (Å²) in [5, 5.41) is 16.4. The molecule has 180 valence electrons. The van der Waals surface area contributed by atoms with Crippen molar-refractivity contribution in [2.75, 3.05) is 19.1 Å². The zero-order valence-electron chi connectivity index (χ0n) is 18.8.